The fraction of sp³-hybridized carbons (Fsp3) is 0.643. The average molecular weight is 423 g/mol. The summed E-state index contributed by atoms with van der Waals surface area (Å²) < 4.78 is 6.10. The molecule has 31 heavy (non-hydrogen) atoms. The van der Waals surface area contributed by atoms with Crippen LogP contribution in [0, 0.1) is 11.8 Å². The monoisotopic (exact) mass is 422 g/mol. The van der Waals surface area contributed by atoms with Crippen molar-refractivity contribution in [2.45, 2.75) is 97.3 Å². The lowest BCUT2D eigenvalue weighted by molar-refractivity contribution is 0.178. The van der Waals surface area contributed by atoms with Crippen molar-refractivity contribution in [3.05, 3.63) is 42.2 Å². The lowest BCUT2D eigenvalue weighted by Gasteiger charge is -2.28. The third kappa shape index (κ3) is 8.27. The van der Waals surface area contributed by atoms with Crippen molar-refractivity contribution < 1.29 is 4.74 Å². The highest BCUT2D eigenvalue weighted by Gasteiger charge is 2.21. The molecule has 3 nitrogen and oxygen atoms in total. The first-order chi connectivity index (χ1) is 15.3. The van der Waals surface area contributed by atoms with Gasteiger partial charge in [0.2, 0.25) is 0 Å². The first-order valence-corrected chi connectivity index (χ1v) is 12.8. The van der Waals surface area contributed by atoms with E-state index in [9.17, 15) is 0 Å². The van der Waals surface area contributed by atoms with Crippen molar-refractivity contribution in [3.63, 3.8) is 0 Å². The van der Waals surface area contributed by atoms with Crippen LogP contribution in [-0.4, -0.2) is 16.6 Å². The van der Waals surface area contributed by atoms with E-state index in [1.165, 1.54) is 82.6 Å². The molecule has 3 rings (SSSR count). The van der Waals surface area contributed by atoms with E-state index in [4.69, 9.17) is 4.74 Å². The number of aryl methyl sites for hydroxylation is 1. The molecule has 1 aromatic heterocycles. The molecule has 0 bridgehead atoms. The number of hydrogen-bond acceptors (Lipinski definition) is 3. The van der Waals surface area contributed by atoms with Crippen molar-refractivity contribution in [1.29, 1.82) is 0 Å². The van der Waals surface area contributed by atoms with Crippen molar-refractivity contribution in [2.24, 2.45) is 11.8 Å². The minimum Gasteiger partial charge on any atom is -0.493 e. The Hall–Kier alpha value is -1.90. The first kappa shape index (κ1) is 23.8. The predicted molar refractivity (Wildman–Crippen MR) is 130 cm³/mol. The Morgan fingerprint density at radius 1 is 0.774 bits per heavy atom. The Bertz CT molecular complexity index is 718. The molecule has 0 radical (unpaired) electrons. The standard InChI is InChI=1S/C28H42N2O/c1-3-5-7-8-9-11-25-20-29-28(30-21-25)26-16-18-27(19-17-26)31-22-24-14-12-23(13-15-24)10-6-4-2/h16-21,23-24H,3-15,22H2,1-2H3/t23-,24-. The van der Waals surface area contributed by atoms with Crippen molar-refractivity contribution in [2.75, 3.05) is 6.61 Å². The van der Waals surface area contributed by atoms with E-state index in [0.29, 0.717) is 0 Å². The van der Waals surface area contributed by atoms with Gasteiger partial charge in [0.05, 0.1) is 6.61 Å². The van der Waals surface area contributed by atoms with Crippen LogP contribution in [0.5, 0.6) is 5.75 Å². The summed E-state index contributed by atoms with van der Waals surface area (Å²) in [5.74, 6) is 3.44. The SMILES string of the molecule is CCCCCCCc1cnc(-c2ccc(OC[C@H]3CC[C@H](CCCC)CC3)cc2)nc1. The summed E-state index contributed by atoms with van der Waals surface area (Å²) in [6.07, 6.45) is 21.1. The molecule has 1 aliphatic rings. The summed E-state index contributed by atoms with van der Waals surface area (Å²) >= 11 is 0. The van der Waals surface area contributed by atoms with Crippen molar-refractivity contribution >= 4 is 0 Å². The van der Waals surface area contributed by atoms with Gasteiger partial charge >= 0.3 is 0 Å². The Labute approximate surface area is 190 Å². The van der Waals surface area contributed by atoms with Crippen molar-refractivity contribution in [3.8, 4) is 17.1 Å². The lowest BCUT2D eigenvalue weighted by atomic mass is 9.80. The van der Waals surface area contributed by atoms with E-state index < -0.39 is 0 Å². The van der Waals surface area contributed by atoms with Gasteiger partial charge in [0, 0.05) is 18.0 Å². The number of unbranched alkanes of at least 4 members (excludes halogenated alkanes) is 5. The molecule has 0 N–H and O–H groups in total. The van der Waals surface area contributed by atoms with E-state index in [1.54, 1.807) is 0 Å². The fourth-order valence-electron chi connectivity index (χ4n) is 4.66. The summed E-state index contributed by atoms with van der Waals surface area (Å²) in [4.78, 5) is 9.18. The van der Waals surface area contributed by atoms with Gasteiger partial charge in [-0.1, -0.05) is 71.6 Å². The van der Waals surface area contributed by atoms with E-state index in [-0.39, 0.29) is 0 Å². The van der Waals surface area contributed by atoms with Crippen LogP contribution in [0.1, 0.15) is 96.5 Å². The van der Waals surface area contributed by atoms with Gasteiger partial charge in [-0.05, 0) is 67.3 Å². The number of hydrogen-bond donors (Lipinski definition) is 0. The third-order valence-corrected chi connectivity index (χ3v) is 6.80. The second-order valence-corrected chi connectivity index (χ2v) is 9.44. The maximum Gasteiger partial charge on any atom is 0.159 e. The molecule has 0 aliphatic heterocycles. The zero-order chi connectivity index (χ0) is 21.7. The zero-order valence-electron chi connectivity index (χ0n) is 19.8. The molecule has 1 saturated carbocycles. The smallest absolute Gasteiger partial charge is 0.159 e. The van der Waals surface area contributed by atoms with Crippen LogP contribution in [0.4, 0.5) is 0 Å². The van der Waals surface area contributed by atoms with E-state index in [0.717, 1.165) is 42.0 Å². The van der Waals surface area contributed by atoms with Crippen LogP contribution in [-0.2, 0) is 6.42 Å². The molecule has 0 amide bonds. The molecule has 170 valence electrons. The largest absolute Gasteiger partial charge is 0.493 e. The van der Waals surface area contributed by atoms with Crippen LogP contribution in [0.15, 0.2) is 36.7 Å². The minimum atomic E-state index is 0.718. The van der Waals surface area contributed by atoms with Gasteiger partial charge in [-0.25, -0.2) is 9.97 Å². The average Bonchev–Trinajstić information content (AvgIpc) is 2.83. The Kier molecular flexibility index (Phi) is 10.3. The number of rotatable bonds is 13. The van der Waals surface area contributed by atoms with Crippen LogP contribution in [0.3, 0.4) is 0 Å². The fourth-order valence-corrected chi connectivity index (χ4v) is 4.66. The van der Waals surface area contributed by atoms with E-state index >= 15 is 0 Å². The molecule has 0 unspecified atom stereocenters. The highest BCUT2D eigenvalue weighted by atomic mass is 16.5. The maximum absolute atomic E-state index is 6.10. The van der Waals surface area contributed by atoms with Gasteiger partial charge < -0.3 is 4.74 Å². The number of ether oxygens (including phenoxy) is 1. The minimum absolute atomic E-state index is 0.718. The lowest BCUT2D eigenvalue weighted by Crippen LogP contribution is -2.20. The second-order valence-electron chi connectivity index (χ2n) is 9.44. The molecular weight excluding hydrogens is 380 g/mol. The van der Waals surface area contributed by atoms with Gasteiger partial charge in [-0.2, -0.15) is 0 Å². The molecule has 1 heterocycles. The molecule has 0 saturated heterocycles. The Morgan fingerprint density at radius 3 is 2.10 bits per heavy atom. The third-order valence-electron chi connectivity index (χ3n) is 6.80. The van der Waals surface area contributed by atoms with Crippen LogP contribution >= 0.6 is 0 Å². The molecule has 1 aromatic carbocycles. The molecule has 2 aromatic rings. The normalized spacial score (nSPS) is 18.8. The molecule has 3 heteroatoms. The Morgan fingerprint density at radius 2 is 1.42 bits per heavy atom. The number of nitrogens with zero attached hydrogens (tertiary/aromatic N) is 2. The summed E-state index contributed by atoms with van der Waals surface area (Å²) in [6, 6.07) is 8.29. The van der Waals surface area contributed by atoms with Crippen molar-refractivity contribution in [1.82, 2.24) is 9.97 Å². The molecule has 0 atom stereocenters. The highest BCUT2D eigenvalue weighted by molar-refractivity contribution is 5.55. The van der Waals surface area contributed by atoms with Gasteiger partial charge in [0.15, 0.2) is 5.82 Å². The molecular formula is C28H42N2O. The molecule has 1 fully saturated rings. The van der Waals surface area contributed by atoms with Gasteiger partial charge in [-0.3, -0.25) is 0 Å². The topological polar surface area (TPSA) is 35.0 Å². The first-order valence-electron chi connectivity index (χ1n) is 12.8. The van der Waals surface area contributed by atoms with E-state index in [2.05, 4.69) is 48.1 Å². The van der Waals surface area contributed by atoms with E-state index in [1.807, 2.05) is 12.4 Å². The Balaban J connectivity index is 1.40. The van der Waals surface area contributed by atoms with Gasteiger partial charge in [0.25, 0.3) is 0 Å². The maximum atomic E-state index is 6.10. The number of benzene rings is 1. The summed E-state index contributed by atoms with van der Waals surface area (Å²) in [6.45, 7) is 5.40. The highest BCUT2D eigenvalue weighted by Crippen LogP contribution is 2.32. The van der Waals surface area contributed by atoms with Gasteiger partial charge in [0.1, 0.15) is 5.75 Å². The van der Waals surface area contributed by atoms with Crippen LogP contribution in [0.25, 0.3) is 11.4 Å². The number of aromatic nitrogens is 2. The predicted octanol–water partition coefficient (Wildman–Crippen LogP) is 8.03. The zero-order valence-corrected chi connectivity index (χ0v) is 19.8. The second kappa shape index (κ2) is 13.5. The quantitative estimate of drug-likeness (QED) is 0.306. The van der Waals surface area contributed by atoms with Crippen LogP contribution < -0.4 is 4.74 Å². The molecule has 0 spiro atoms. The summed E-state index contributed by atoms with van der Waals surface area (Å²) in [7, 11) is 0. The summed E-state index contributed by atoms with van der Waals surface area (Å²) in [5.41, 5.74) is 2.29. The molecule has 1 aliphatic carbocycles. The van der Waals surface area contributed by atoms with Crippen LogP contribution in [0.2, 0.25) is 0 Å². The summed E-state index contributed by atoms with van der Waals surface area (Å²) in [5, 5.41) is 0. The van der Waals surface area contributed by atoms with Gasteiger partial charge in [-0.15, -0.1) is 0 Å².